The van der Waals surface area contributed by atoms with Crippen LogP contribution in [0.5, 0.6) is 0 Å². The fourth-order valence-corrected chi connectivity index (χ4v) is 2.88. The molecule has 0 atom stereocenters. The van der Waals surface area contributed by atoms with Gasteiger partial charge in [-0.25, -0.2) is 9.59 Å². The van der Waals surface area contributed by atoms with Gasteiger partial charge in [-0.2, -0.15) is 0 Å². The number of ketones is 1. The minimum atomic E-state index is -0.884. The number of nitrogens with one attached hydrogen (secondary N) is 1. The van der Waals surface area contributed by atoms with Gasteiger partial charge in [0.2, 0.25) is 5.78 Å². The van der Waals surface area contributed by atoms with E-state index in [0.29, 0.717) is 11.3 Å². The molecule has 0 spiro atoms. The van der Waals surface area contributed by atoms with Crippen molar-refractivity contribution in [3.8, 4) is 0 Å². The van der Waals surface area contributed by atoms with Gasteiger partial charge >= 0.3 is 11.7 Å². The second-order valence-electron chi connectivity index (χ2n) is 6.93. The summed E-state index contributed by atoms with van der Waals surface area (Å²) in [6.45, 7) is 0.965. The number of aromatic nitrogens is 2. The van der Waals surface area contributed by atoms with E-state index < -0.39 is 41.1 Å². The molecule has 0 aliphatic heterocycles. The van der Waals surface area contributed by atoms with E-state index >= 15 is 0 Å². The molecule has 0 bridgehead atoms. The molecule has 11 heteroatoms. The van der Waals surface area contributed by atoms with Gasteiger partial charge in [0.05, 0.1) is 11.8 Å². The third-order valence-corrected chi connectivity index (χ3v) is 4.79. The number of nitrogens with zero attached hydrogens (tertiary/aromatic N) is 2. The Morgan fingerprint density at radius 3 is 2.50 bits per heavy atom. The molecule has 0 saturated carbocycles. The van der Waals surface area contributed by atoms with Gasteiger partial charge in [-0.15, -0.1) is 0 Å². The molecule has 2 aromatic heterocycles. The second kappa shape index (κ2) is 8.76. The van der Waals surface area contributed by atoms with E-state index in [9.17, 15) is 24.0 Å². The van der Waals surface area contributed by atoms with Crippen LogP contribution in [0.1, 0.15) is 36.8 Å². The number of carbonyl (C=O) groups is 3. The first-order chi connectivity index (χ1) is 15.1. The summed E-state index contributed by atoms with van der Waals surface area (Å²) in [5.74, 6) is -2.44. The van der Waals surface area contributed by atoms with Gasteiger partial charge in [-0.05, 0) is 36.8 Å². The van der Waals surface area contributed by atoms with Crippen molar-refractivity contribution in [2.45, 2.75) is 6.92 Å². The highest BCUT2D eigenvalue weighted by molar-refractivity contribution is 6.04. The number of hydrogen-bond donors (Lipinski definition) is 2. The normalized spacial score (nSPS) is 10.6. The zero-order valence-electron chi connectivity index (χ0n) is 17.5. The molecular formula is C21H20N4O7. The number of amides is 1. The highest BCUT2D eigenvalue weighted by atomic mass is 16.5. The Morgan fingerprint density at radius 1 is 1.12 bits per heavy atom. The first-order valence-electron chi connectivity index (χ1n) is 9.33. The third kappa shape index (κ3) is 4.21. The number of Topliss-reactive ketones (excluding diaryl/α,β-unsaturated/α-hetero) is 1. The molecule has 1 amide bonds. The number of furan rings is 1. The van der Waals surface area contributed by atoms with Crippen molar-refractivity contribution >= 4 is 29.2 Å². The lowest BCUT2D eigenvalue weighted by Gasteiger charge is -2.12. The second-order valence-corrected chi connectivity index (χ2v) is 6.93. The zero-order valence-corrected chi connectivity index (χ0v) is 17.5. The predicted molar refractivity (Wildman–Crippen MR) is 114 cm³/mol. The number of rotatable bonds is 6. The van der Waals surface area contributed by atoms with Crippen LogP contribution in [0, 0.1) is 6.92 Å². The number of ether oxygens (including phenoxy) is 1. The maximum absolute atomic E-state index is 12.5. The molecule has 0 radical (unpaired) electrons. The van der Waals surface area contributed by atoms with Crippen molar-refractivity contribution in [1.82, 2.24) is 9.13 Å². The van der Waals surface area contributed by atoms with Gasteiger partial charge in [-0.1, -0.05) is 6.07 Å². The summed E-state index contributed by atoms with van der Waals surface area (Å²) in [5.41, 5.74) is 4.81. The number of anilines is 2. The van der Waals surface area contributed by atoms with Crippen molar-refractivity contribution in [2.75, 3.05) is 17.7 Å². The lowest BCUT2D eigenvalue weighted by molar-refractivity contribution is 0.0474. The maximum atomic E-state index is 12.5. The molecule has 2 heterocycles. The number of nitrogen functional groups attached to an aromatic ring is 1. The number of benzene rings is 1. The Bertz CT molecular complexity index is 1330. The molecule has 0 unspecified atom stereocenters. The zero-order chi connectivity index (χ0) is 23.6. The number of hydrogen-bond acceptors (Lipinski definition) is 8. The average molecular weight is 440 g/mol. The average Bonchev–Trinajstić information content (AvgIpc) is 3.31. The van der Waals surface area contributed by atoms with E-state index in [-0.39, 0.29) is 17.1 Å². The fourth-order valence-electron chi connectivity index (χ4n) is 2.88. The summed E-state index contributed by atoms with van der Waals surface area (Å²) in [4.78, 5) is 61.2. The van der Waals surface area contributed by atoms with Gasteiger partial charge in [0.25, 0.3) is 11.5 Å². The lowest BCUT2D eigenvalue weighted by Crippen LogP contribution is -2.42. The summed E-state index contributed by atoms with van der Waals surface area (Å²) in [6.07, 6.45) is 1.36. The van der Waals surface area contributed by atoms with Gasteiger partial charge in [0.1, 0.15) is 11.4 Å². The summed E-state index contributed by atoms with van der Waals surface area (Å²) in [6, 6.07) is 7.50. The molecular weight excluding hydrogens is 420 g/mol. The van der Waals surface area contributed by atoms with Crippen LogP contribution in [0.15, 0.2) is 50.6 Å². The molecule has 3 rings (SSSR count). The van der Waals surface area contributed by atoms with Crippen LogP contribution in [0.4, 0.5) is 11.5 Å². The Morgan fingerprint density at radius 2 is 1.84 bits per heavy atom. The molecule has 166 valence electrons. The van der Waals surface area contributed by atoms with E-state index in [0.717, 1.165) is 9.13 Å². The molecule has 32 heavy (non-hydrogen) atoms. The Hall–Kier alpha value is -4.41. The van der Waals surface area contributed by atoms with Crippen molar-refractivity contribution in [3.05, 3.63) is 79.9 Å². The number of aryl methyl sites for hydroxylation is 1. The van der Waals surface area contributed by atoms with Crippen molar-refractivity contribution in [1.29, 1.82) is 0 Å². The molecule has 1 aromatic carbocycles. The first kappa shape index (κ1) is 22.3. The predicted octanol–water partition coefficient (Wildman–Crippen LogP) is 0.860. The van der Waals surface area contributed by atoms with E-state index in [1.54, 1.807) is 19.1 Å². The van der Waals surface area contributed by atoms with Crippen LogP contribution in [0.25, 0.3) is 0 Å². The minimum absolute atomic E-state index is 0.0690. The first-order valence-corrected chi connectivity index (χ1v) is 9.33. The Balaban J connectivity index is 1.76. The summed E-state index contributed by atoms with van der Waals surface area (Å²) in [7, 11) is 2.52. The van der Waals surface area contributed by atoms with Crippen LogP contribution in [0.3, 0.4) is 0 Å². The fraction of sp³-hybridized carbons (Fsp3) is 0.190. The van der Waals surface area contributed by atoms with E-state index in [1.165, 1.54) is 38.6 Å². The minimum Gasteiger partial charge on any atom is -0.459 e. The summed E-state index contributed by atoms with van der Waals surface area (Å²) < 4.78 is 11.7. The Kier molecular flexibility index (Phi) is 6.10. The van der Waals surface area contributed by atoms with Crippen molar-refractivity contribution < 1.29 is 23.5 Å². The Labute approximate surface area is 181 Å². The van der Waals surface area contributed by atoms with E-state index in [1.807, 2.05) is 0 Å². The van der Waals surface area contributed by atoms with Gasteiger partial charge in [0, 0.05) is 19.8 Å². The van der Waals surface area contributed by atoms with Crippen LogP contribution in [0.2, 0.25) is 0 Å². The smallest absolute Gasteiger partial charge is 0.338 e. The van der Waals surface area contributed by atoms with E-state index in [2.05, 4.69) is 5.32 Å². The lowest BCUT2D eigenvalue weighted by atomic mass is 10.1. The van der Waals surface area contributed by atoms with Crippen LogP contribution < -0.4 is 22.3 Å². The molecule has 3 N–H and O–H groups in total. The summed E-state index contributed by atoms with van der Waals surface area (Å²) in [5, 5.41) is 2.63. The molecule has 0 saturated heterocycles. The van der Waals surface area contributed by atoms with Gasteiger partial charge < -0.3 is 20.2 Å². The quantitative estimate of drug-likeness (QED) is 0.422. The van der Waals surface area contributed by atoms with E-state index in [4.69, 9.17) is 14.9 Å². The highest BCUT2D eigenvalue weighted by Gasteiger charge is 2.22. The number of esters is 1. The number of carbonyl (C=O) groups excluding carboxylic acids is 3. The third-order valence-electron chi connectivity index (χ3n) is 4.79. The number of nitrogens with two attached hydrogens (primary N) is 1. The van der Waals surface area contributed by atoms with Crippen molar-refractivity contribution in [3.63, 3.8) is 0 Å². The van der Waals surface area contributed by atoms with Crippen LogP contribution in [-0.2, 0) is 18.8 Å². The largest absolute Gasteiger partial charge is 0.459 e. The van der Waals surface area contributed by atoms with Crippen molar-refractivity contribution in [2.24, 2.45) is 14.1 Å². The SMILES string of the molecule is Cc1ccc(C(=O)OCC(=O)c2c(N)n(C)c(=O)n(C)c2=O)cc1NC(=O)c1ccco1. The van der Waals surface area contributed by atoms with Crippen LogP contribution in [-0.4, -0.2) is 33.4 Å². The molecule has 11 nitrogen and oxygen atoms in total. The maximum Gasteiger partial charge on any atom is 0.338 e. The summed E-state index contributed by atoms with van der Waals surface area (Å²) >= 11 is 0. The van der Waals surface area contributed by atoms with Crippen LogP contribution >= 0.6 is 0 Å². The standard InChI is InChI=1S/C21H20N4O7/c1-11-6-7-12(9-13(11)23-18(27)15-5-4-8-31-15)20(29)32-10-14(26)16-17(22)24(2)21(30)25(3)19(16)28/h4-9H,10,22H2,1-3H3,(H,23,27). The topological polar surface area (TPSA) is 156 Å². The molecule has 0 aliphatic rings. The molecule has 0 aliphatic carbocycles. The van der Waals surface area contributed by atoms with Gasteiger partial charge in [-0.3, -0.25) is 23.5 Å². The highest BCUT2D eigenvalue weighted by Crippen LogP contribution is 2.19. The van der Waals surface area contributed by atoms with Gasteiger partial charge in [0.15, 0.2) is 12.4 Å². The molecule has 3 aromatic rings. The monoisotopic (exact) mass is 440 g/mol. The molecule has 0 fully saturated rings.